The van der Waals surface area contributed by atoms with E-state index in [9.17, 15) is 22.4 Å². The predicted molar refractivity (Wildman–Crippen MR) is 120 cm³/mol. The quantitative estimate of drug-likeness (QED) is 0.633. The number of sulfonamides is 1. The topological polar surface area (TPSA) is 95.6 Å². The summed E-state index contributed by atoms with van der Waals surface area (Å²) in [7, 11) is -3.76. The van der Waals surface area contributed by atoms with Crippen LogP contribution in [0.5, 0.6) is 0 Å². The lowest BCUT2D eigenvalue weighted by atomic mass is 9.86. The Morgan fingerprint density at radius 2 is 1.94 bits per heavy atom. The van der Waals surface area contributed by atoms with Gasteiger partial charge in [0.05, 0.1) is 15.6 Å². The lowest BCUT2D eigenvalue weighted by Crippen LogP contribution is -2.32. The molecule has 0 spiro atoms. The van der Waals surface area contributed by atoms with E-state index in [1.165, 1.54) is 46.9 Å². The van der Waals surface area contributed by atoms with E-state index in [0.29, 0.717) is 18.7 Å². The predicted octanol–water partition coefficient (Wildman–Crippen LogP) is 3.64. The molecule has 7 nitrogen and oxygen atoms in total. The zero-order chi connectivity index (χ0) is 23.5. The van der Waals surface area contributed by atoms with Gasteiger partial charge in [0.25, 0.3) is 5.91 Å². The summed E-state index contributed by atoms with van der Waals surface area (Å²) in [6.07, 6.45) is 1.24. The molecular formula is C22H23ClFN3O4S. The molecule has 2 N–H and O–H groups in total. The number of amides is 2. The second kappa shape index (κ2) is 9.81. The van der Waals surface area contributed by atoms with Crippen molar-refractivity contribution in [3.8, 4) is 0 Å². The average Bonchev–Trinajstić information content (AvgIpc) is 2.75. The molecular weight excluding hydrogens is 457 g/mol. The summed E-state index contributed by atoms with van der Waals surface area (Å²) < 4.78 is 40.7. The molecule has 0 aromatic heterocycles. The van der Waals surface area contributed by atoms with Crippen molar-refractivity contribution in [2.75, 3.05) is 18.4 Å². The summed E-state index contributed by atoms with van der Waals surface area (Å²) in [4.78, 5) is 25.0. The second-order valence-corrected chi connectivity index (χ2v) is 9.51. The van der Waals surface area contributed by atoms with Crippen molar-refractivity contribution in [2.24, 2.45) is 0 Å². The third-order valence-electron chi connectivity index (χ3n) is 5.20. The summed E-state index contributed by atoms with van der Waals surface area (Å²) in [6, 6.07) is 9.76. The smallest absolute Gasteiger partial charge is 0.253 e. The van der Waals surface area contributed by atoms with E-state index in [1.54, 1.807) is 19.9 Å². The molecule has 1 aliphatic rings. The molecule has 0 fully saturated rings. The Hall–Kier alpha value is -2.75. The van der Waals surface area contributed by atoms with Gasteiger partial charge in [-0.2, -0.15) is 4.31 Å². The van der Waals surface area contributed by atoms with Crippen LogP contribution in [0.1, 0.15) is 31.7 Å². The van der Waals surface area contributed by atoms with Crippen molar-refractivity contribution in [1.29, 1.82) is 0 Å². The van der Waals surface area contributed by atoms with Gasteiger partial charge in [-0.15, -0.1) is 0 Å². The molecule has 1 atom stereocenters. The third-order valence-corrected chi connectivity index (χ3v) is 7.57. The van der Waals surface area contributed by atoms with Gasteiger partial charge in [0.1, 0.15) is 5.82 Å². The number of halogens is 2. The Morgan fingerprint density at radius 1 is 1.22 bits per heavy atom. The molecule has 1 unspecified atom stereocenters. The fourth-order valence-corrected chi connectivity index (χ4v) is 5.17. The summed E-state index contributed by atoms with van der Waals surface area (Å²) in [5.74, 6) is -2.04. The van der Waals surface area contributed by atoms with Gasteiger partial charge in [0, 0.05) is 37.2 Å². The number of hydrogen-bond donors (Lipinski definition) is 2. The largest absolute Gasteiger partial charge is 0.332 e. The van der Waals surface area contributed by atoms with Crippen molar-refractivity contribution in [3.05, 3.63) is 70.6 Å². The second-order valence-electron chi connectivity index (χ2n) is 7.16. The van der Waals surface area contributed by atoms with Crippen LogP contribution in [-0.2, 0) is 19.6 Å². The maximum Gasteiger partial charge on any atom is 0.253 e. The number of hydrogen-bond acceptors (Lipinski definition) is 4. The van der Waals surface area contributed by atoms with Gasteiger partial charge in [0.2, 0.25) is 15.9 Å². The van der Waals surface area contributed by atoms with Crippen molar-refractivity contribution in [2.45, 2.75) is 31.1 Å². The first kappa shape index (κ1) is 23.9. The van der Waals surface area contributed by atoms with Crippen LogP contribution in [0.3, 0.4) is 0 Å². The summed E-state index contributed by atoms with van der Waals surface area (Å²) in [5.41, 5.74) is 0.786. The summed E-state index contributed by atoms with van der Waals surface area (Å²) in [5, 5.41) is 5.28. The van der Waals surface area contributed by atoms with Gasteiger partial charge in [-0.05, 0) is 35.9 Å². The van der Waals surface area contributed by atoms with Gasteiger partial charge in [-0.1, -0.05) is 37.6 Å². The summed E-state index contributed by atoms with van der Waals surface area (Å²) in [6.45, 7) is 4.06. The minimum atomic E-state index is -3.76. The fourth-order valence-electron chi connectivity index (χ4n) is 3.53. The molecule has 3 rings (SSSR count). The Bertz CT molecular complexity index is 1180. The van der Waals surface area contributed by atoms with Crippen LogP contribution in [0.25, 0.3) is 0 Å². The number of nitrogens with zero attached hydrogens (tertiary/aromatic N) is 1. The number of carbonyl (C=O) groups is 2. The van der Waals surface area contributed by atoms with E-state index < -0.39 is 27.7 Å². The number of anilines is 1. The highest BCUT2D eigenvalue weighted by Crippen LogP contribution is 2.33. The first-order valence-corrected chi connectivity index (χ1v) is 11.8. The van der Waals surface area contributed by atoms with E-state index in [-0.39, 0.29) is 33.5 Å². The van der Waals surface area contributed by atoms with Gasteiger partial charge < -0.3 is 10.6 Å². The molecule has 32 heavy (non-hydrogen) atoms. The highest BCUT2D eigenvalue weighted by Gasteiger charge is 2.30. The molecule has 2 aromatic carbocycles. The van der Waals surface area contributed by atoms with Crippen LogP contribution >= 0.6 is 11.6 Å². The van der Waals surface area contributed by atoms with Gasteiger partial charge in [0.15, 0.2) is 0 Å². The minimum Gasteiger partial charge on any atom is -0.332 e. The molecule has 1 aliphatic heterocycles. The van der Waals surface area contributed by atoms with E-state index in [0.717, 1.165) is 0 Å². The van der Waals surface area contributed by atoms with E-state index in [1.807, 2.05) is 0 Å². The Morgan fingerprint density at radius 3 is 2.59 bits per heavy atom. The number of nitrogens with one attached hydrogen (secondary N) is 2. The van der Waals surface area contributed by atoms with Crippen molar-refractivity contribution in [3.63, 3.8) is 0 Å². The number of benzene rings is 2. The molecule has 0 aliphatic carbocycles. The van der Waals surface area contributed by atoms with Crippen molar-refractivity contribution < 1.29 is 22.4 Å². The maximum atomic E-state index is 13.7. The average molecular weight is 480 g/mol. The van der Waals surface area contributed by atoms with E-state index in [2.05, 4.69) is 10.6 Å². The molecule has 0 radical (unpaired) electrons. The highest BCUT2D eigenvalue weighted by atomic mass is 35.5. The Kier molecular flexibility index (Phi) is 7.33. The Balaban J connectivity index is 1.93. The van der Waals surface area contributed by atoms with E-state index in [4.69, 9.17) is 11.6 Å². The number of rotatable bonds is 7. The zero-order valence-electron chi connectivity index (χ0n) is 17.6. The Labute approximate surface area is 191 Å². The normalized spacial score (nSPS) is 16.5. The lowest BCUT2D eigenvalue weighted by Gasteiger charge is -2.24. The highest BCUT2D eigenvalue weighted by molar-refractivity contribution is 7.89. The van der Waals surface area contributed by atoms with Crippen molar-refractivity contribution >= 4 is 39.1 Å². The molecule has 170 valence electrons. The van der Waals surface area contributed by atoms with Crippen LogP contribution in [0.4, 0.5) is 10.1 Å². The van der Waals surface area contributed by atoms with Crippen LogP contribution in [0.2, 0.25) is 5.02 Å². The third kappa shape index (κ3) is 5.01. The SMILES string of the molecule is CCN(CC)S(=O)(=O)c1ccc(Cl)c(NC(=O)C2=CNC(=O)CC2c2cccc(F)c2)c1. The standard InChI is InChI=1S/C22H23ClFN3O4S/c1-3-27(4-2)32(30,31)16-8-9-19(23)20(11-16)26-22(29)18-13-25-21(28)12-17(18)14-6-5-7-15(24)10-14/h5-11,13,17H,3-4,12H2,1-2H3,(H,25,28)(H,26,29). The van der Waals surface area contributed by atoms with Crippen molar-refractivity contribution in [1.82, 2.24) is 9.62 Å². The fraction of sp³-hybridized carbons (Fsp3) is 0.273. The minimum absolute atomic E-state index is 0.00601. The maximum absolute atomic E-state index is 13.7. The van der Waals surface area contributed by atoms with Gasteiger partial charge >= 0.3 is 0 Å². The van der Waals surface area contributed by atoms with E-state index >= 15 is 0 Å². The molecule has 2 aromatic rings. The first-order valence-electron chi connectivity index (χ1n) is 10.0. The molecule has 1 heterocycles. The summed E-state index contributed by atoms with van der Waals surface area (Å²) >= 11 is 6.21. The van der Waals surface area contributed by atoms with Crippen LogP contribution in [0, 0.1) is 5.82 Å². The first-order chi connectivity index (χ1) is 15.2. The van der Waals surface area contributed by atoms with Crippen LogP contribution in [0.15, 0.2) is 59.1 Å². The zero-order valence-corrected chi connectivity index (χ0v) is 19.1. The molecule has 0 saturated carbocycles. The molecule has 2 amide bonds. The monoisotopic (exact) mass is 479 g/mol. The van der Waals surface area contributed by atoms with Crippen LogP contribution in [-0.4, -0.2) is 37.6 Å². The van der Waals surface area contributed by atoms with Gasteiger partial charge in [-0.25, -0.2) is 12.8 Å². The number of carbonyl (C=O) groups excluding carboxylic acids is 2. The van der Waals surface area contributed by atoms with Crippen LogP contribution < -0.4 is 10.6 Å². The molecule has 10 heteroatoms. The molecule has 0 saturated heterocycles. The lowest BCUT2D eigenvalue weighted by molar-refractivity contribution is -0.121. The van der Waals surface area contributed by atoms with Gasteiger partial charge in [-0.3, -0.25) is 9.59 Å². The molecule has 0 bridgehead atoms.